The first-order valence-electron chi connectivity index (χ1n) is 3.97. The molecule has 2 N–H and O–H groups in total. The molecular weight excluding hydrogens is 246 g/mol. The number of aromatic carboxylic acids is 1. The van der Waals surface area contributed by atoms with E-state index in [1.54, 1.807) is 12.2 Å². The van der Waals surface area contributed by atoms with Crippen molar-refractivity contribution in [3.63, 3.8) is 0 Å². The number of H-pyrrole nitrogens is 1. The maximum Gasteiger partial charge on any atom is 0.337 e. The van der Waals surface area contributed by atoms with Gasteiger partial charge in [0.15, 0.2) is 0 Å². The predicted octanol–water partition coefficient (Wildman–Crippen LogP) is 2.94. The zero-order chi connectivity index (χ0) is 10.7. The van der Waals surface area contributed by atoms with E-state index in [2.05, 4.69) is 27.5 Å². The normalized spacial score (nSPS) is 11.4. The van der Waals surface area contributed by atoms with Crippen LogP contribution < -0.4 is 0 Å². The van der Waals surface area contributed by atoms with Gasteiger partial charge in [0.2, 0.25) is 0 Å². The summed E-state index contributed by atoms with van der Waals surface area (Å²) in [6, 6.07) is 0. The number of halogens is 1. The van der Waals surface area contributed by atoms with Gasteiger partial charge in [-0.2, -0.15) is 0 Å². The minimum Gasteiger partial charge on any atom is -0.478 e. The Balaban J connectivity index is 3.24. The summed E-state index contributed by atoms with van der Waals surface area (Å²) in [4.78, 5) is 13.7. The lowest BCUT2D eigenvalue weighted by atomic mass is 10.1. The summed E-state index contributed by atoms with van der Waals surface area (Å²) in [6.07, 6.45) is 4.81. The van der Waals surface area contributed by atoms with Crippen LogP contribution in [-0.2, 0) is 0 Å². The van der Waals surface area contributed by atoms with Crippen LogP contribution >= 0.6 is 15.9 Å². The number of nitrogens with one attached hydrogen (secondary N) is 1. The molecule has 0 amide bonds. The van der Waals surface area contributed by atoms with Gasteiger partial charge in [-0.1, -0.05) is 28.6 Å². The molecule has 0 saturated heterocycles. The monoisotopic (exact) mass is 255 g/mol. The number of hydrogen-bond donors (Lipinski definition) is 2. The second-order valence-corrected chi connectivity index (χ2v) is 3.70. The number of allylic oxidation sites excluding steroid dienone is 2. The molecule has 0 spiro atoms. The van der Waals surface area contributed by atoms with Gasteiger partial charge >= 0.3 is 5.97 Å². The highest BCUT2D eigenvalue weighted by molar-refractivity contribution is 9.12. The molecule has 0 atom stereocenters. The Labute approximate surface area is 90.3 Å². The molecule has 4 heteroatoms. The SMILES string of the molecule is C=C/C(Br)=C\c1c(C(=O)O)c[nH]c1C. The number of aryl methyl sites for hydroxylation is 1. The topological polar surface area (TPSA) is 53.1 Å². The van der Waals surface area contributed by atoms with Crippen LogP contribution in [0.2, 0.25) is 0 Å². The molecule has 0 unspecified atom stereocenters. The zero-order valence-corrected chi connectivity index (χ0v) is 9.26. The molecule has 1 rings (SSSR count). The predicted molar refractivity (Wildman–Crippen MR) is 59.6 cm³/mol. The minimum atomic E-state index is -0.940. The van der Waals surface area contributed by atoms with Gasteiger partial charge in [-0.05, 0) is 13.0 Å². The van der Waals surface area contributed by atoms with Gasteiger partial charge in [0, 0.05) is 21.9 Å². The van der Waals surface area contributed by atoms with E-state index in [4.69, 9.17) is 5.11 Å². The molecule has 1 aromatic heterocycles. The van der Waals surface area contributed by atoms with E-state index >= 15 is 0 Å². The molecule has 0 aromatic carbocycles. The van der Waals surface area contributed by atoms with Crippen molar-refractivity contribution in [2.24, 2.45) is 0 Å². The highest BCUT2D eigenvalue weighted by atomic mass is 79.9. The van der Waals surface area contributed by atoms with Crippen LogP contribution in [0.5, 0.6) is 0 Å². The Morgan fingerprint density at radius 3 is 2.86 bits per heavy atom. The Hall–Kier alpha value is -1.29. The summed E-state index contributed by atoms with van der Waals surface area (Å²) in [6.45, 7) is 5.39. The summed E-state index contributed by atoms with van der Waals surface area (Å²) < 4.78 is 0.753. The number of rotatable bonds is 3. The van der Waals surface area contributed by atoms with Gasteiger partial charge in [-0.15, -0.1) is 0 Å². The van der Waals surface area contributed by atoms with Crippen molar-refractivity contribution >= 4 is 28.0 Å². The number of carbonyl (C=O) groups is 1. The third-order valence-corrected chi connectivity index (χ3v) is 2.39. The highest BCUT2D eigenvalue weighted by Crippen LogP contribution is 2.20. The van der Waals surface area contributed by atoms with Gasteiger partial charge < -0.3 is 10.1 Å². The number of hydrogen-bond acceptors (Lipinski definition) is 1. The Kier molecular flexibility index (Phi) is 3.30. The van der Waals surface area contributed by atoms with Gasteiger partial charge in [0.05, 0.1) is 5.56 Å². The molecule has 0 bridgehead atoms. The first kappa shape index (κ1) is 10.8. The molecule has 1 heterocycles. The maximum absolute atomic E-state index is 10.8. The van der Waals surface area contributed by atoms with Crippen molar-refractivity contribution in [3.05, 3.63) is 40.2 Å². The second kappa shape index (κ2) is 4.28. The van der Waals surface area contributed by atoms with E-state index < -0.39 is 5.97 Å². The molecular formula is C10H10BrNO2. The largest absolute Gasteiger partial charge is 0.478 e. The average molecular weight is 256 g/mol. The summed E-state index contributed by atoms with van der Waals surface area (Å²) in [5, 5.41) is 8.87. The van der Waals surface area contributed by atoms with Gasteiger partial charge in [0.25, 0.3) is 0 Å². The van der Waals surface area contributed by atoms with Crippen LogP contribution in [0.1, 0.15) is 21.6 Å². The lowest BCUT2D eigenvalue weighted by Gasteiger charge is -1.95. The van der Waals surface area contributed by atoms with Crippen LogP contribution in [0.3, 0.4) is 0 Å². The fourth-order valence-electron chi connectivity index (χ4n) is 1.10. The van der Waals surface area contributed by atoms with Crippen molar-refractivity contribution < 1.29 is 9.90 Å². The third kappa shape index (κ3) is 2.14. The lowest BCUT2D eigenvalue weighted by molar-refractivity contribution is 0.0697. The summed E-state index contributed by atoms with van der Waals surface area (Å²) in [5.74, 6) is -0.940. The Morgan fingerprint density at radius 1 is 1.71 bits per heavy atom. The van der Waals surface area contributed by atoms with E-state index in [9.17, 15) is 4.79 Å². The molecule has 0 aliphatic heterocycles. The van der Waals surface area contributed by atoms with Crippen molar-refractivity contribution in [2.75, 3.05) is 0 Å². The number of carboxylic acids is 1. The minimum absolute atomic E-state index is 0.265. The van der Waals surface area contributed by atoms with E-state index in [0.29, 0.717) is 5.56 Å². The molecule has 0 aliphatic rings. The summed E-state index contributed by atoms with van der Waals surface area (Å²) in [7, 11) is 0. The highest BCUT2D eigenvalue weighted by Gasteiger charge is 2.12. The van der Waals surface area contributed by atoms with Crippen molar-refractivity contribution in [2.45, 2.75) is 6.92 Å². The zero-order valence-electron chi connectivity index (χ0n) is 7.67. The van der Waals surface area contributed by atoms with E-state index in [1.807, 2.05) is 6.92 Å². The van der Waals surface area contributed by atoms with Crippen LogP contribution in [0.4, 0.5) is 0 Å². The fourth-order valence-corrected chi connectivity index (χ4v) is 1.33. The molecule has 0 aliphatic carbocycles. The first-order valence-corrected chi connectivity index (χ1v) is 4.76. The van der Waals surface area contributed by atoms with Crippen LogP contribution in [0.25, 0.3) is 6.08 Å². The first-order chi connectivity index (χ1) is 6.56. The van der Waals surface area contributed by atoms with Crippen molar-refractivity contribution in [1.29, 1.82) is 0 Å². The molecule has 1 aromatic rings. The van der Waals surface area contributed by atoms with Gasteiger partial charge in [0.1, 0.15) is 0 Å². The van der Waals surface area contributed by atoms with Crippen LogP contribution in [-0.4, -0.2) is 16.1 Å². The van der Waals surface area contributed by atoms with E-state index in [1.165, 1.54) is 6.20 Å². The summed E-state index contributed by atoms with van der Waals surface area (Å²) in [5.41, 5.74) is 1.76. The smallest absolute Gasteiger partial charge is 0.337 e. The Morgan fingerprint density at radius 2 is 2.36 bits per heavy atom. The molecule has 74 valence electrons. The summed E-state index contributed by atoms with van der Waals surface area (Å²) >= 11 is 3.25. The van der Waals surface area contributed by atoms with Gasteiger partial charge in [-0.25, -0.2) is 4.79 Å². The van der Waals surface area contributed by atoms with Crippen molar-refractivity contribution in [1.82, 2.24) is 4.98 Å². The number of aromatic nitrogens is 1. The molecule has 0 saturated carbocycles. The molecule has 0 fully saturated rings. The maximum atomic E-state index is 10.8. The lowest BCUT2D eigenvalue weighted by Crippen LogP contribution is -1.96. The third-order valence-electron chi connectivity index (χ3n) is 1.83. The molecule has 14 heavy (non-hydrogen) atoms. The quantitative estimate of drug-likeness (QED) is 0.817. The standard InChI is InChI=1S/C10H10BrNO2/c1-3-7(11)4-8-6(2)12-5-9(8)10(13)14/h3-5,12H,1H2,2H3,(H,13,14)/b7-4+. The molecule has 0 radical (unpaired) electrons. The number of aromatic amines is 1. The Bertz CT molecular complexity index is 404. The molecule has 3 nitrogen and oxygen atoms in total. The van der Waals surface area contributed by atoms with Crippen molar-refractivity contribution in [3.8, 4) is 0 Å². The van der Waals surface area contributed by atoms with E-state index in [-0.39, 0.29) is 5.56 Å². The average Bonchev–Trinajstić information content (AvgIpc) is 2.48. The number of carboxylic acid groups (broad SMARTS) is 1. The van der Waals surface area contributed by atoms with Crippen LogP contribution in [0, 0.1) is 6.92 Å². The second-order valence-electron chi connectivity index (χ2n) is 2.78. The van der Waals surface area contributed by atoms with Gasteiger partial charge in [-0.3, -0.25) is 0 Å². The fraction of sp³-hybridized carbons (Fsp3) is 0.100. The van der Waals surface area contributed by atoms with Crippen LogP contribution in [0.15, 0.2) is 23.3 Å². The van der Waals surface area contributed by atoms with E-state index in [0.717, 1.165) is 10.2 Å².